The van der Waals surface area contributed by atoms with E-state index in [0.717, 1.165) is 36.9 Å². The lowest BCUT2D eigenvalue weighted by Gasteiger charge is -2.14. The van der Waals surface area contributed by atoms with Gasteiger partial charge in [0.05, 0.1) is 0 Å². The summed E-state index contributed by atoms with van der Waals surface area (Å²) < 4.78 is 23.1. The van der Waals surface area contributed by atoms with Crippen LogP contribution in [0.3, 0.4) is 0 Å². The molecule has 5 nitrogen and oxygen atoms in total. The number of aryl methyl sites for hydroxylation is 1. The molecule has 2 atom stereocenters. The fraction of sp³-hybridized carbons (Fsp3) is 0.667. The second-order valence-electron chi connectivity index (χ2n) is 4.95. The van der Waals surface area contributed by atoms with Crippen molar-refractivity contribution in [2.45, 2.75) is 43.9 Å². The van der Waals surface area contributed by atoms with Gasteiger partial charge in [-0.25, -0.2) is 18.4 Å². The topological polar surface area (TPSA) is 85.9 Å². The highest BCUT2D eigenvalue weighted by Crippen LogP contribution is 2.27. The number of aromatic nitrogens is 2. The lowest BCUT2D eigenvalue weighted by atomic mass is 10.1. The van der Waals surface area contributed by atoms with Crippen molar-refractivity contribution < 1.29 is 8.42 Å². The number of fused-ring (bicyclic) bond motifs is 1. The van der Waals surface area contributed by atoms with Gasteiger partial charge in [0, 0.05) is 29.8 Å². The molecule has 1 aliphatic rings. The quantitative estimate of drug-likeness (QED) is 0.818. The zero-order valence-corrected chi connectivity index (χ0v) is 11.6. The molecule has 2 N–H and O–H groups in total. The number of sulfone groups is 1. The summed E-state index contributed by atoms with van der Waals surface area (Å²) in [6, 6.07) is -0.0231. The van der Waals surface area contributed by atoms with E-state index in [1.165, 1.54) is 6.26 Å². The maximum absolute atomic E-state index is 11.5. The van der Waals surface area contributed by atoms with E-state index in [1.807, 2.05) is 0 Å². The van der Waals surface area contributed by atoms with Crippen LogP contribution in [-0.4, -0.2) is 24.6 Å². The summed E-state index contributed by atoms with van der Waals surface area (Å²) in [5, 5.41) is -0.665. The standard InChI is InChI=1S/C12H19N3O2S/c1-8(18(2,16)17)12-14-7-9-10(13)5-3-4-6-11(9)15-12/h7-8,10H,3-6,13H2,1-2H3. The maximum Gasteiger partial charge on any atom is 0.157 e. The number of rotatable bonds is 2. The van der Waals surface area contributed by atoms with Crippen LogP contribution in [0.1, 0.15) is 54.6 Å². The molecule has 0 saturated heterocycles. The van der Waals surface area contributed by atoms with Gasteiger partial charge in [0.2, 0.25) is 0 Å². The van der Waals surface area contributed by atoms with Gasteiger partial charge < -0.3 is 5.73 Å². The van der Waals surface area contributed by atoms with Gasteiger partial charge in [0.25, 0.3) is 0 Å². The van der Waals surface area contributed by atoms with Crippen molar-refractivity contribution in [2.75, 3.05) is 6.26 Å². The van der Waals surface area contributed by atoms with Gasteiger partial charge in [0.1, 0.15) is 11.1 Å². The third-order valence-electron chi connectivity index (χ3n) is 3.50. The first kappa shape index (κ1) is 13.4. The van der Waals surface area contributed by atoms with E-state index in [2.05, 4.69) is 9.97 Å². The summed E-state index contributed by atoms with van der Waals surface area (Å²) in [6.07, 6.45) is 6.83. The van der Waals surface area contributed by atoms with Crippen LogP contribution in [0.2, 0.25) is 0 Å². The van der Waals surface area contributed by atoms with Gasteiger partial charge in [-0.15, -0.1) is 0 Å². The Balaban J connectivity index is 2.41. The summed E-state index contributed by atoms with van der Waals surface area (Å²) in [4.78, 5) is 8.60. The Kier molecular flexibility index (Phi) is 3.68. The third kappa shape index (κ3) is 2.70. The van der Waals surface area contributed by atoms with Crippen molar-refractivity contribution in [2.24, 2.45) is 5.73 Å². The number of hydrogen-bond acceptors (Lipinski definition) is 5. The Labute approximate surface area is 108 Å². The molecule has 6 heteroatoms. The molecule has 2 rings (SSSR count). The molecule has 100 valence electrons. The predicted molar refractivity (Wildman–Crippen MR) is 69.8 cm³/mol. The van der Waals surface area contributed by atoms with Gasteiger partial charge in [-0.1, -0.05) is 6.42 Å². The molecule has 0 fully saturated rings. The minimum absolute atomic E-state index is 0.0231. The lowest BCUT2D eigenvalue weighted by Crippen LogP contribution is -2.16. The van der Waals surface area contributed by atoms with Crippen LogP contribution >= 0.6 is 0 Å². The second-order valence-corrected chi connectivity index (χ2v) is 7.32. The molecule has 2 unspecified atom stereocenters. The smallest absolute Gasteiger partial charge is 0.157 e. The van der Waals surface area contributed by atoms with Crippen LogP contribution in [0.15, 0.2) is 6.20 Å². The highest BCUT2D eigenvalue weighted by molar-refractivity contribution is 7.90. The molecular weight excluding hydrogens is 250 g/mol. The number of nitrogens with zero attached hydrogens (tertiary/aromatic N) is 2. The van der Waals surface area contributed by atoms with Crippen molar-refractivity contribution in [3.63, 3.8) is 0 Å². The largest absolute Gasteiger partial charge is 0.324 e. The van der Waals surface area contributed by atoms with Gasteiger partial charge >= 0.3 is 0 Å². The second kappa shape index (κ2) is 4.93. The van der Waals surface area contributed by atoms with E-state index in [9.17, 15) is 8.42 Å². The highest BCUT2D eigenvalue weighted by Gasteiger charge is 2.23. The Hall–Kier alpha value is -1.01. The van der Waals surface area contributed by atoms with Crippen LogP contribution in [0, 0.1) is 0 Å². The van der Waals surface area contributed by atoms with Crippen molar-refractivity contribution in [3.05, 3.63) is 23.3 Å². The molecule has 0 amide bonds. The molecule has 18 heavy (non-hydrogen) atoms. The summed E-state index contributed by atoms with van der Waals surface area (Å²) in [5.74, 6) is 0.380. The minimum atomic E-state index is -3.16. The number of nitrogens with two attached hydrogens (primary N) is 1. The normalized spacial score (nSPS) is 22.1. The average Bonchev–Trinajstić information content (AvgIpc) is 2.49. The number of hydrogen-bond donors (Lipinski definition) is 1. The van der Waals surface area contributed by atoms with Crippen molar-refractivity contribution in [1.29, 1.82) is 0 Å². The summed E-state index contributed by atoms with van der Waals surface area (Å²) >= 11 is 0. The first-order valence-corrected chi connectivity index (χ1v) is 8.15. The van der Waals surface area contributed by atoms with E-state index in [4.69, 9.17) is 5.73 Å². The molecule has 1 aromatic rings. The van der Waals surface area contributed by atoms with Crippen molar-refractivity contribution in [1.82, 2.24) is 9.97 Å². The average molecular weight is 269 g/mol. The van der Waals surface area contributed by atoms with E-state index < -0.39 is 15.1 Å². The minimum Gasteiger partial charge on any atom is -0.324 e. The maximum atomic E-state index is 11.5. The summed E-state index contributed by atoms with van der Waals surface area (Å²) in [5.41, 5.74) is 7.95. The zero-order chi connectivity index (χ0) is 13.3. The Bertz CT molecular complexity index is 542. The van der Waals surface area contributed by atoms with E-state index in [0.29, 0.717) is 5.82 Å². The summed E-state index contributed by atoms with van der Waals surface area (Å²) in [6.45, 7) is 1.62. The van der Waals surface area contributed by atoms with Gasteiger partial charge in [-0.2, -0.15) is 0 Å². The van der Waals surface area contributed by atoms with Crippen LogP contribution in [0.4, 0.5) is 0 Å². The molecule has 0 aliphatic heterocycles. The van der Waals surface area contributed by atoms with Gasteiger partial charge in [-0.05, 0) is 26.2 Å². The molecular formula is C12H19N3O2S. The molecule has 0 spiro atoms. The van der Waals surface area contributed by atoms with Crippen LogP contribution in [0.5, 0.6) is 0 Å². The third-order valence-corrected chi connectivity index (χ3v) is 5.00. The molecule has 1 aromatic heterocycles. The first-order chi connectivity index (χ1) is 8.39. The van der Waals surface area contributed by atoms with Crippen LogP contribution < -0.4 is 5.73 Å². The fourth-order valence-electron chi connectivity index (χ4n) is 2.15. The van der Waals surface area contributed by atoms with Crippen LogP contribution in [-0.2, 0) is 16.3 Å². The van der Waals surface area contributed by atoms with Crippen LogP contribution in [0.25, 0.3) is 0 Å². The molecule has 1 heterocycles. The molecule has 0 radical (unpaired) electrons. The molecule has 0 saturated carbocycles. The Morgan fingerprint density at radius 1 is 1.44 bits per heavy atom. The SMILES string of the molecule is CC(c1ncc2c(n1)CCCCC2N)S(C)(=O)=O. The monoisotopic (exact) mass is 269 g/mol. The fourth-order valence-corrected chi connectivity index (χ4v) is 2.65. The molecule has 0 aromatic carbocycles. The molecule has 0 bridgehead atoms. The van der Waals surface area contributed by atoms with E-state index >= 15 is 0 Å². The van der Waals surface area contributed by atoms with E-state index in [-0.39, 0.29) is 6.04 Å². The highest BCUT2D eigenvalue weighted by atomic mass is 32.2. The van der Waals surface area contributed by atoms with E-state index in [1.54, 1.807) is 13.1 Å². The summed E-state index contributed by atoms with van der Waals surface area (Å²) in [7, 11) is -3.16. The predicted octanol–water partition coefficient (Wildman–Crippen LogP) is 1.31. The Morgan fingerprint density at radius 2 is 2.17 bits per heavy atom. The zero-order valence-electron chi connectivity index (χ0n) is 10.8. The van der Waals surface area contributed by atoms with Crippen molar-refractivity contribution >= 4 is 9.84 Å². The van der Waals surface area contributed by atoms with Crippen molar-refractivity contribution in [3.8, 4) is 0 Å². The first-order valence-electron chi connectivity index (χ1n) is 6.19. The lowest BCUT2D eigenvalue weighted by molar-refractivity contribution is 0.588. The Morgan fingerprint density at radius 3 is 2.83 bits per heavy atom. The van der Waals surface area contributed by atoms with Gasteiger partial charge in [0.15, 0.2) is 9.84 Å². The van der Waals surface area contributed by atoms with Gasteiger partial charge in [-0.3, -0.25) is 0 Å². The molecule has 1 aliphatic carbocycles.